The number of aryl methyl sites for hydroxylation is 1. The largest absolute Gasteiger partial charge is 0.367 e. The van der Waals surface area contributed by atoms with Gasteiger partial charge in [0.2, 0.25) is 5.88 Å². The average molecular weight is 335 g/mol. The Morgan fingerprint density at radius 3 is 2.70 bits per heavy atom. The lowest BCUT2D eigenvalue weighted by Gasteiger charge is -2.05. The number of nitrogens with two attached hydrogens (primary N) is 1. The third kappa shape index (κ3) is 4.82. The number of aromatic nitrogens is 1. The molecule has 0 spiro atoms. The van der Waals surface area contributed by atoms with E-state index in [1.54, 1.807) is 11.3 Å². The van der Waals surface area contributed by atoms with Crippen molar-refractivity contribution in [3.05, 3.63) is 22.6 Å². The molecule has 0 saturated heterocycles. The number of unbranched alkanes of at least 4 members (excludes halogenated alkanes) is 5. The number of hydrogen-bond acceptors (Lipinski definition) is 5. The van der Waals surface area contributed by atoms with Crippen molar-refractivity contribution < 1.29 is 9.32 Å². The van der Waals surface area contributed by atoms with Crippen molar-refractivity contribution in [1.29, 1.82) is 0 Å². The maximum absolute atomic E-state index is 12.4. The summed E-state index contributed by atoms with van der Waals surface area (Å²) in [4.78, 5) is 14.4. The number of carbonyl (C=O) groups is 1. The summed E-state index contributed by atoms with van der Waals surface area (Å²) >= 11 is 1.57. The summed E-state index contributed by atoms with van der Waals surface area (Å²) in [6.45, 7) is 4.87. The number of thiophene rings is 1. The van der Waals surface area contributed by atoms with Crippen LogP contribution in [-0.2, 0) is 0 Å². The van der Waals surface area contributed by atoms with Gasteiger partial charge in [-0.05, 0) is 25.5 Å². The van der Waals surface area contributed by atoms with Gasteiger partial charge < -0.3 is 15.6 Å². The highest BCUT2D eigenvalue weighted by Crippen LogP contribution is 2.32. The third-order valence-corrected chi connectivity index (χ3v) is 4.74. The Balaban J connectivity index is 1.89. The van der Waals surface area contributed by atoms with Gasteiger partial charge in [-0.1, -0.05) is 44.2 Å². The molecule has 126 valence electrons. The minimum atomic E-state index is -0.210. The van der Waals surface area contributed by atoms with Gasteiger partial charge in [-0.25, -0.2) is 0 Å². The molecule has 2 aromatic heterocycles. The quantitative estimate of drug-likeness (QED) is 0.666. The Kier molecular flexibility index (Phi) is 6.65. The number of nitrogens with one attached hydrogen (secondary N) is 1. The molecule has 6 heteroatoms. The SMILES string of the molecule is CCCCCCCCNC(=O)c1c(-c2ccc(C)s2)noc1N. The van der Waals surface area contributed by atoms with Gasteiger partial charge in [0.05, 0.1) is 4.88 Å². The number of rotatable bonds is 9. The van der Waals surface area contributed by atoms with E-state index in [9.17, 15) is 4.79 Å². The highest BCUT2D eigenvalue weighted by Gasteiger charge is 2.23. The molecular formula is C17H25N3O2S. The van der Waals surface area contributed by atoms with Crippen LogP contribution in [0.1, 0.15) is 60.7 Å². The molecule has 2 aromatic rings. The fraction of sp³-hybridized carbons (Fsp3) is 0.529. The highest BCUT2D eigenvalue weighted by atomic mass is 32.1. The smallest absolute Gasteiger partial charge is 0.259 e. The Morgan fingerprint density at radius 2 is 2.00 bits per heavy atom. The number of hydrogen-bond donors (Lipinski definition) is 2. The molecule has 1 amide bonds. The predicted molar refractivity (Wildman–Crippen MR) is 94.7 cm³/mol. The molecule has 0 aliphatic rings. The molecule has 0 unspecified atom stereocenters. The Bertz CT molecular complexity index is 634. The summed E-state index contributed by atoms with van der Waals surface area (Å²) in [6, 6.07) is 3.92. The summed E-state index contributed by atoms with van der Waals surface area (Å²) in [5, 5.41) is 6.87. The van der Waals surface area contributed by atoms with E-state index in [0.29, 0.717) is 17.8 Å². The molecule has 23 heavy (non-hydrogen) atoms. The zero-order valence-electron chi connectivity index (χ0n) is 13.9. The zero-order valence-corrected chi connectivity index (χ0v) is 14.7. The molecule has 0 bridgehead atoms. The van der Waals surface area contributed by atoms with E-state index in [0.717, 1.165) is 22.6 Å². The van der Waals surface area contributed by atoms with Gasteiger partial charge in [-0.2, -0.15) is 0 Å². The van der Waals surface area contributed by atoms with E-state index in [1.807, 2.05) is 19.1 Å². The van der Waals surface area contributed by atoms with Gasteiger partial charge in [-0.3, -0.25) is 4.79 Å². The fourth-order valence-corrected chi connectivity index (χ4v) is 3.30. The molecule has 0 atom stereocenters. The maximum Gasteiger partial charge on any atom is 0.259 e. The molecule has 0 aromatic carbocycles. The van der Waals surface area contributed by atoms with E-state index in [1.165, 1.54) is 25.7 Å². The van der Waals surface area contributed by atoms with Gasteiger partial charge >= 0.3 is 0 Å². The van der Waals surface area contributed by atoms with Crippen LogP contribution in [0.25, 0.3) is 10.6 Å². The monoisotopic (exact) mass is 335 g/mol. The number of nitrogen functional groups attached to an aromatic ring is 1. The summed E-state index contributed by atoms with van der Waals surface area (Å²) in [7, 11) is 0. The summed E-state index contributed by atoms with van der Waals surface area (Å²) in [5.41, 5.74) is 6.66. The topological polar surface area (TPSA) is 81.2 Å². The van der Waals surface area contributed by atoms with E-state index >= 15 is 0 Å². The van der Waals surface area contributed by atoms with Crippen LogP contribution in [0.5, 0.6) is 0 Å². The molecule has 2 heterocycles. The van der Waals surface area contributed by atoms with Crippen molar-refractivity contribution in [2.45, 2.75) is 52.4 Å². The normalized spacial score (nSPS) is 10.9. The summed E-state index contributed by atoms with van der Waals surface area (Å²) in [6.07, 6.45) is 7.13. The second-order valence-corrected chi connectivity index (χ2v) is 6.99. The van der Waals surface area contributed by atoms with E-state index in [4.69, 9.17) is 10.3 Å². The van der Waals surface area contributed by atoms with Crippen molar-refractivity contribution in [2.24, 2.45) is 0 Å². The molecule has 0 aliphatic heterocycles. The van der Waals surface area contributed by atoms with Crippen LogP contribution < -0.4 is 11.1 Å². The number of nitrogens with zero attached hydrogens (tertiary/aromatic N) is 1. The number of amides is 1. The van der Waals surface area contributed by atoms with Gasteiger partial charge in [0.15, 0.2) is 0 Å². The standard InChI is InChI=1S/C17H25N3O2S/c1-3-4-5-6-7-8-11-19-17(21)14-15(20-22-16(14)18)13-10-9-12(2)23-13/h9-10H,3-8,11,18H2,1-2H3,(H,19,21). The molecule has 0 aliphatic carbocycles. The van der Waals surface area contributed by atoms with Crippen LogP contribution in [0.15, 0.2) is 16.7 Å². The second-order valence-electron chi connectivity index (χ2n) is 5.70. The van der Waals surface area contributed by atoms with Crippen LogP contribution in [0.4, 0.5) is 5.88 Å². The molecule has 0 fully saturated rings. The van der Waals surface area contributed by atoms with Crippen molar-refractivity contribution in [3.8, 4) is 10.6 Å². The minimum Gasteiger partial charge on any atom is -0.367 e. The van der Waals surface area contributed by atoms with Gasteiger partial charge in [0.1, 0.15) is 11.3 Å². The Hall–Kier alpha value is -1.82. The lowest BCUT2D eigenvalue weighted by Crippen LogP contribution is -2.25. The first-order chi connectivity index (χ1) is 11.1. The lowest BCUT2D eigenvalue weighted by atomic mass is 10.1. The highest BCUT2D eigenvalue weighted by molar-refractivity contribution is 7.15. The lowest BCUT2D eigenvalue weighted by molar-refractivity contribution is 0.0954. The van der Waals surface area contributed by atoms with Crippen LogP contribution >= 0.6 is 11.3 Å². The molecule has 0 saturated carbocycles. The molecule has 3 N–H and O–H groups in total. The van der Waals surface area contributed by atoms with Gasteiger partial charge in [0, 0.05) is 11.4 Å². The first-order valence-corrected chi connectivity index (χ1v) is 9.05. The minimum absolute atomic E-state index is 0.0755. The first kappa shape index (κ1) is 17.5. The zero-order chi connectivity index (χ0) is 16.7. The summed E-state index contributed by atoms with van der Waals surface area (Å²) in [5.74, 6) is -0.134. The Morgan fingerprint density at radius 1 is 1.26 bits per heavy atom. The van der Waals surface area contributed by atoms with E-state index in [2.05, 4.69) is 17.4 Å². The molecule has 2 rings (SSSR count). The average Bonchev–Trinajstić information content (AvgIpc) is 3.12. The van der Waals surface area contributed by atoms with E-state index in [-0.39, 0.29) is 11.8 Å². The van der Waals surface area contributed by atoms with Crippen molar-refractivity contribution in [1.82, 2.24) is 10.5 Å². The van der Waals surface area contributed by atoms with Crippen molar-refractivity contribution >= 4 is 23.1 Å². The van der Waals surface area contributed by atoms with Crippen LogP contribution in [-0.4, -0.2) is 17.6 Å². The molecule has 0 radical (unpaired) electrons. The predicted octanol–water partition coefficient (Wildman–Crippen LogP) is 4.38. The van der Waals surface area contributed by atoms with Crippen LogP contribution in [0.2, 0.25) is 0 Å². The van der Waals surface area contributed by atoms with Gasteiger partial charge in [-0.15, -0.1) is 11.3 Å². The summed E-state index contributed by atoms with van der Waals surface area (Å²) < 4.78 is 5.03. The third-order valence-electron chi connectivity index (χ3n) is 3.74. The Labute approximate surface area is 141 Å². The van der Waals surface area contributed by atoms with Crippen LogP contribution in [0.3, 0.4) is 0 Å². The molecular weight excluding hydrogens is 310 g/mol. The van der Waals surface area contributed by atoms with Gasteiger partial charge in [0.25, 0.3) is 5.91 Å². The van der Waals surface area contributed by atoms with Crippen molar-refractivity contribution in [3.63, 3.8) is 0 Å². The number of carbonyl (C=O) groups excluding carboxylic acids is 1. The maximum atomic E-state index is 12.4. The number of anilines is 1. The van der Waals surface area contributed by atoms with Crippen LogP contribution in [0, 0.1) is 6.92 Å². The first-order valence-electron chi connectivity index (χ1n) is 8.23. The fourth-order valence-electron chi connectivity index (χ4n) is 2.45. The second kappa shape index (κ2) is 8.72. The van der Waals surface area contributed by atoms with Crippen molar-refractivity contribution in [2.75, 3.05) is 12.3 Å². The molecule has 5 nitrogen and oxygen atoms in total. The van der Waals surface area contributed by atoms with E-state index < -0.39 is 0 Å².